The Bertz CT molecular complexity index is 2150. The normalized spacial score (nSPS) is 15.8. The molecule has 0 saturated heterocycles. The highest BCUT2D eigenvalue weighted by atomic mass is 16.5. The zero-order chi connectivity index (χ0) is 40.6. The van der Waals surface area contributed by atoms with E-state index in [1.165, 1.54) is 5.57 Å². The van der Waals surface area contributed by atoms with E-state index in [2.05, 4.69) is 59.8 Å². The Morgan fingerprint density at radius 2 is 1.34 bits per heavy atom. The molecule has 0 atom stereocenters. The first kappa shape index (κ1) is 41.7. The van der Waals surface area contributed by atoms with Crippen LogP contribution in [0.4, 0.5) is 0 Å². The molecule has 0 bridgehead atoms. The maximum absolute atomic E-state index is 12.8. The van der Waals surface area contributed by atoms with Gasteiger partial charge in [0.1, 0.15) is 0 Å². The molecule has 4 aromatic rings. The second-order valence-corrected chi connectivity index (χ2v) is 16.6. The second-order valence-electron chi connectivity index (χ2n) is 16.6. The molecule has 0 amide bonds. The summed E-state index contributed by atoms with van der Waals surface area (Å²) in [5.74, 6) is -0.922. The number of nitrogens with zero attached hydrogens (tertiary/aromatic N) is 3. The molecule has 0 saturated carbocycles. The van der Waals surface area contributed by atoms with Crippen LogP contribution in [0.5, 0.6) is 0 Å². The predicted molar refractivity (Wildman–Crippen MR) is 216 cm³/mol. The van der Waals surface area contributed by atoms with Gasteiger partial charge in [-0.15, -0.1) is 0 Å². The number of aliphatic carboxylic acids is 1. The first-order chi connectivity index (χ1) is 26.5. The monoisotopic (exact) mass is 761 g/mol. The molecule has 0 unspecified atom stereocenters. The number of esters is 1. The minimum atomic E-state index is -0.915. The molecule has 2 aliphatic carbocycles. The Kier molecular flexibility index (Phi) is 13.4. The van der Waals surface area contributed by atoms with Crippen molar-refractivity contribution in [1.29, 1.82) is 0 Å². The van der Waals surface area contributed by atoms with Gasteiger partial charge in [0.15, 0.2) is 11.6 Å². The van der Waals surface area contributed by atoms with Crippen LogP contribution in [-0.4, -0.2) is 60.1 Å². The van der Waals surface area contributed by atoms with Gasteiger partial charge in [0.2, 0.25) is 5.78 Å². The summed E-state index contributed by atoms with van der Waals surface area (Å²) in [5, 5.41) is 9.08. The van der Waals surface area contributed by atoms with Crippen LogP contribution in [0.25, 0.3) is 11.1 Å². The minimum absolute atomic E-state index is 0.0380. The zero-order valence-corrected chi connectivity index (χ0v) is 33.8. The largest absolute Gasteiger partial charge is 0.481 e. The molecule has 11 heteroatoms. The van der Waals surface area contributed by atoms with Gasteiger partial charge >= 0.3 is 11.9 Å². The van der Waals surface area contributed by atoms with Gasteiger partial charge < -0.3 is 19.8 Å². The summed E-state index contributed by atoms with van der Waals surface area (Å²) in [7, 11) is 0. The molecule has 4 aromatic heterocycles. The second kappa shape index (κ2) is 18.0. The number of nitrogens with one attached hydrogen (secondary N) is 2. The van der Waals surface area contributed by atoms with Crippen molar-refractivity contribution in [2.45, 2.75) is 113 Å². The lowest BCUT2D eigenvalue weighted by molar-refractivity contribution is -0.142. The van der Waals surface area contributed by atoms with Gasteiger partial charge in [-0.25, -0.2) is 4.98 Å². The smallest absolute Gasteiger partial charge is 0.311 e. The van der Waals surface area contributed by atoms with Crippen LogP contribution < -0.4 is 0 Å². The van der Waals surface area contributed by atoms with Gasteiger partial charge in [0, 0.05) is 30.9 Å². The fraction of sp³-hybridized carbons (Fsp3) is 0.444. The molecule has 4 heterocycles. The van der Waals surface area contributed by atoms with Crippen LogP contribution in [0.2, 0.25) is 0 Å². The number of carboxylic acid groups (broad SMARTS) is 1. The maximum atomic E-state index is 12.8. The quantitative estimate of drug-likeness (QED) is 0.0893. The maximum Gasteiger partial charge on any atom is 0.311 e. The lowest BCUT2D eigenvalue weighted by atomic mass is 9.77. The zero-order valence-electron chi connectivity index (χ0n) is 33.8. The van der Waals surface area contributed by atoms with Crippen LogP contribution in [0, 0.1) is 24.7 Å². The SMILES string of the molecule is CCOC(=O)Cc1ccc(CC(=O)c2cc(C)c[nH]2)c(C2=CCC(C)(C)CC2)n1.Cc1cnc(C(=O)Cc2ccc(CC(=O)O)nc2C2=CCC(C)(C)CC2)[nH]1. The molecule has 56 heavy (non-hydrogen) atoms. The fourth-order valence-corrected chi connectivity index (χ4v) is 6.94. The molecule has 296 valence electrons. The topological polar surface area (TPSA) is 168 Å². The number of H-pyrrole nitrogens is 2. The Balaban J connectivity index is 0.000000215. The summed E-state index contributed by atoms with van der Waals surface area (Å²) in [6.07, 6.45) is 14.2. The van der Waals surface area contributed by atoms with Crippen molar-refractivity contribution in [3.05, 3.63) is 112 Å². The third-order valence-corrected chi connectivity index (χ3v) is 10.4. The van der Waals surface area contributed by atoms with E-state index in [0.29, 0.717) is 29.5 Å². The van der Waals surface area contributed by atoms with Crippen molar-refractivity contribution < 1.29 is 29.0 Å². The number of allylic oxidation sites excluding steroid dienone is 4. The minimum Gasteiger partial charge on any atom is -0.481 e. The number of hydrogen-bond donors (Lipinski definition) is 3. The van der Waals surface area contributed by atoms with E-state index in [9.17, 15) is 19.2 Å². The summed E-state index contributed by atoms with van der Waals surface area (Å²) in [6.45, 7) is 15.0. The number of hydrogen-bond acceptors (Lipinski definition) is 8. The summed E-state index contributed by atoms with van der Waals surface area (Å²) in [6, 6.07) is 9.16. The Hall–Kier alpha value is -5.45. The van der Waals surface area contributed by atoms with E-state index < -0.39 is 5.97 Å². The average molecular weight is 762 g/mol. The van der Waals surface area contributed by atoms with Crippen molar-refractivity contribution in [2.24, 2.45) is 10.8 Å². The summed E-state index contributed by atoms with van der Waals surface area (Å²) < 4.78 is 5.06. The average Bonchev–Trinajstić information content (AvgIpc) is 3.78. The number of imidazole rings is 1. The van der Waals surface area contributed by atoms with Crippen molar-refractivity contribution >= 4 is 34.7 Å². The molecule has 11 nitrogen and oxygen atoms in total. The molecule has 0 fully saturated rings. The van der Waals surface area contributed by atoms with Crippen molar-refractivity contribution in [3.8, 4) is 0 Å². The van der Waals surface area contributed by atoms with Crippen molar-refractivity contribution in [2.75, 3.05) is 6.61 Å². The molecular formula is C45H55N5O6. The lowest BCUT2D eigenvalue weighted by Crippen LogP contribution is -2.16. The van der Waals surface area contributed by atoms with Gasteiger partial charge in [0.25, 0.3) is 0 Å². The number of carbonyl (C=O) groups is 4. The van der Waals surface area contributed by atoms with E-state index in [4.69, 9.17) is 14.8 Å². The number of ketones is 2. The van der Waals surface area contributed by atoms with E-state index in [1.807, 2.05) is 44.3 Å². The molecule has 3 N–H and O–H groups in total. The standard InChI is InChI=1S/C24H30N2O3.C21H25N3O3/c1-5-29-22(28)14-19-7-6-18(13-21(27)20-12-16(2)15-25-20)23(26-19)17-8-10-24(3,4)11-9-17;1-13-12-22-20(23-13)17(25)10-15-4-5-16(11-18(26)27)24-19(15)14-6-8-21(2,3)9-7-14/h6-8,12,15,25H,5,9-11,13-14H2,1-4H3;4-6,12H,7-11H2,1-3H3,(H,22,23)(H,26,27). The lowest BCUT2D eigenvalue weighted by Gasteiger charge is -2.29. The van der Waals surface area contributed by atoms with Crippen molar-refractivity contribution in [3.63, 3.8) is 0 Å². The van der Waals surface area contributed by atoms with Crippen LogP contribution in [0.15, 0.2) is 54.9 Å². The molecule has 0 spiro atoms. The van der Waals surface area contributed by atoms with Crippen LogP contribution in [0.1, 0.15) is 139 Å². The van der Waals surface area contributed by atoms with Gasteiger partial charge in [0.05, 0.1) is 47.9 Å². The van der Waals surface area contributed by atoms with Gasteiger partial charge in [-0.2, -0.15) is 0 Å². The highest BCUT2D eigenvalue weighted by molar-refractivity contribution is 5.97. The summed E-state index contributed by atoms with van der Waals surface area (Å²) in [4.78, 5) is 67.8. The highest BCUT2D eigenvalue weighted by Gasteiger charge is 2.26. The first-order valence-electron chi connectivity index (χ1n) is 19.5. The Labute approximate surface area is 329 Å². The van der Waals surface area contributed by atoms with Crippen LogP contribution >= 0.6 is 0 Å². The number of pyridine rings is 2. The Morgan fingerprint density at radius 1 is 0.786 bits per heavy atom. The number of carbonyl (C=O) groups excluding carboxylic acids is 3. The summed E-state index contributed by atoms with van der Waals surface area (Å²) in [5.41, 5.74) is 9.79. The fourth-order valence-electron chi connectivity index (χ4n) is 6.94. The predicted octanol–water partition coefficient (Wildman–Crippen LogP) is 8.60. The van der Waals surface area contributed by atoms with E-state index in [0.717, 1.165) is 77.9 Å². The first-order valence-corrected chi connectivity index (χ1v) is 19.5. The van der Waals surface area contributed by atoms with E-state index in [-0.39, 0.29) is 54.0 Å². The number of carboxylic acids is 1. The molecule has 6 rings (SSSR count). The number of aromatic nitrogens is 5. The van der Waals surface area contributed by atoms with Gasteiger partial charge in [-0.1, -0.05) is 52.0 Å². The van der Waals surface area contributed by atoms with Gasteiger partial charge in [-0.05, 0) is 116 Å². The van der Waals surface area contributed by atoms with Gasteiger partial charge in [-0.3, -0.25) is 29.1 Å². The van der Waals surface area contributed by atoms with Crippen LogP contribution in [0.3, 0.4) is 0 Å². The van der Waals surface area contributed by atoms with E-state index in [1.54, 1.807) is 19.2 Å². The Morgan fingerprint density at radius 3 is 1.79 bits per heavy atom. The highest BCUT2D eigenvalue weighted by Crippen LogP contribution is 2.39. The number of ether oxygens (including phenoxy) is 1. The number of rotatable bonds is 13. The van der Waals surface area contributed by atoms with E-state index >= 15 is 0 Å². The third kappa shape index (κ3) is 11.5. The number of aromatic amines is 2. The molecule has 0 radical (unpaired) electrons. The third-order valence-electron chi connectivity index (χ3n) is 10.4. The summed E-state index contributed by atoms with van der Waals surface area (Å²) >= 11 is 0. The number of Topliss-reactive ketones (excluding diaryl/α,β-unsaturated/α-hetero) is 2. The molecule has 0 aliphatic heterocycles. The number of aryl methyl sites for hydroxylation is 2. The molecular weight excluding hydrogens is 707 g/mol. The molecule has 2 aliphatic rings. The molecule has 0 aromatic carbocycles. The van der Waals surface area contributed by atoms with Crippen LogP contribution in [-0.2, 0) is 40.0 Å². The van der Waals surface area contributed by atoms with Crippen molar-refractivity contribution in [1.82, 2.24) is 24.9 Å².